The molecule has 0 saturated carbocycles. The van der Waals surface area contributed by atoms with E-state index in [0.717, 1.165) is 27.4 Å². The topological polar surface area (TPSA) is 55.3 Å². The molecular formula is C13H13ClN4S. The molecule has 0 aliphatic rings. The van der Waals surface area contributed by atoms with Crippen molar-refractivity contribution in [3.63, 3.8) is 0 Å². The molecule has 19 heavy (non-hydrogen) atoms. The summed E-state index contributed by atoms with van der Waals surface area (Å²) in [7, 11) is 0. The van der Waals surface area contributed by atoms with Crippen molar-refractivity contribution in [2.75, 3.05) is 0 Å². The first-order valence-corrected chi connectivity index (χ1v) is 7.15. The van der Waals surface area contributed by atoms with Gasteiger partial charge in [0.05, 0.1) is 22.8 Å². The third kappa shape index (κ3) is 2.37. The fourth-order valence-electron chi connectivity index (χ4n) is 2.14. The fraction of sp³-hybridized carbons (Fsp3) is 0.154. The second-order valence-electron chi connectivity index (χ2n) is 4.25. The van der Waals surface area contributed by atoms with E-state index < -0.39 is 0 Å². The zero-order chi connectivity index (χ0) is 13.2. The predicted molar refractivity (Wildman–Crippen MR) is 78.3 cm³/mol. The first kappa shape index (κ1) is 12.6. The zero-order valence-corrected chi connectivity index (χ0v) is 11.7. The van der Waals surface area contributed by atoms with Crippen LogP contribution in [0.2, 0.25) is 5.02 Å². The number of hydrogen-bond acceptors (Lipinski definition) is 4. The Morgan fingerprint density at radius 2 is 2.32 bits per heavy atom. The molecular weight excluding hydrogens is 280 g/mol. The molecule has 1 atom stereocenters. The van der Waals surface area contributed by atoms with E-state index in [1.165, 1.54) is 0 Å². The molecule has 3 N–H and O–H groups in total. The molecule has 0 aromatic carbocycles. The van der Waals surface area contributed by atoms with Gasteiger partial charge in [-0.05, 0) is 23.6 Å². The van der Waals surface area contributed by atoms with Crippen molar-refractivity contribution >= 4 is 28.5 Å². The molecule has 98 valence electrons. The number of nitrogens with two attached hydrogens (primary N) is 1. The lowest BCUT2D eigenvalue weighted by Crippen LogP contribution is -2.29. The summed E-state index contributed by atoms with van der Waals surface area (Å²) in [6.45, 7) is 0. The monoisotopic (exact) mass is 292 g/mol. The van der Waals surface area contributed by atoms with E-state index in [9.17, 15) is 0 Å². The van der Waals surface area contributed by atoms with E-state index in [1.807, 2.05) is 46.6 Å². The van der Waals surface area contributed by atoms with Gasteiger partial charge in [0.1, 0.15) is 0 Å². The van der Waals surface area contributed by atoms with Crippen molar-refractivity contribution in [3.8, 4) is 0 Å². The lowest BCUT2D eigenvalue weighted by Gasteiger charge is -2.14. The highest BCUT2D eigenvalue weighted by Gasteiger charge is 2.17. The molecule has 0 spiro atoms. The Bertz CT molecular complexity index is 691. The molecule has 3 aromatic rings. The van der Waals surface area contributed by atoms with Gasteiger partial charge in [0, 0.05) is 23.1 Å². The van der Waals surface area contributed by atoms with Gasteiger partial charge in [-0.25, -0.2) is 4.52 Å². The van der Waals surface area contributed by atoms with E-state index >= 15 is 0 Å². The number of hydrazine groups is 1. The molecule has 4 nitrogen and oxygen atoms in total. The van der Waals surface area contributed by atoms with Gasteiger partial charge in [0.25, 0.3) is 0 Å². The van der Waals surface area contributed by atoms with Crippen LogP contribution in [0.25, 0.3) is 5.52 Å². The highest BCUT2D eigenvalue weighted by Crippen LogP contribution is 2.29. The van der Waals surface area contributed by atoms with Crippen LogP contribution >= 0.6 is 22.9 Å². The predicted octanol–water partition coefficient (Wildman–Crippen LogP) is 2.80. The fourth-order valence-corrected chi connectivity index (χ4v) is 3.30. The van der Waals surface area contributed by atoms with Crippen molar-refractivity contribution in [1.82, 2.24) is 15.0 Å². The number of rotatable bonds is 4. The molecule has 0 bridgehead atoms. The van der Waals surface area contributed by atoms with E-state index in [1.54, 1.807) is 11.3 Å². The minimum absolute atomic E-state index is 0.00366. The van der Waals surface area contributed by atoms with E-state index in [4.69, 9.17) is 17.4 Å². The Hall–Kier alpha value is -1.40. The van der Waals surface area contributed by atoms with Gasteiger partial charge in [0.15, 0.2) is 0 Å². The quantitative estimate of drug-likeness (QED) is 0.574. The summed E-state index contributed by atoms with van der Waals surface area (Å²) in [5.74, 6) is 5.70. The van der Waals surface area contributed by atoms with Crippen LogP contribution in [0.5, 0.6) is 0 Å². The first-order chi connectivity index (χ1) is 9.29. The minimum atomic E-state index is -0.00366. The van der Waals surface area contributed by atoms with E-state index in [0.29, 0.717) is 0 Å². The number of hydrogen-bond donors (Lipinski definition) is 2. The number of fused-ring (bicyclic) bond motifs is 1. The minimum Gasteiger partial charge on any atom is -0.271 e. The Balaban J connectivity index is 1.96. The molecule has 3 aromatic heterocycles. The van der Waals surface area contributed by atoms with E-state index in [2.05, 4.69) is 10.5 Å². The summed E-state index contributed by atoms with van der Waals surface area (Å²) in [6, 6.07) is 7.88. The van der Waals surface area contributed by atoms with Crippen molar-refractivity contribution in [3.05, 3.63) is 57.5 Å². The molecule has 0 radical (unpaired) electrons. The standard InChI is InChI=1S/C13H13ClN4S/c14-10-4-6-19-13(10)7-11(17-15)9-8-16-18-5-2-1-3-12(9)18/h1-6,8,11,17H,7,15H2. The summed E-state index contributed by atoms with van der Waals surface area (Å²) >= 11 is 7.78. The molecule has 1 unspecified atom stereocenters. The number of pyridine rings is 1. The van der Waals surface area contributed by atoms with Gasteiger partial charge in [-0.1, -0.05) is 17.7 Å². The van der Waals surface area contributed by atoms with Crippen LogP contribution in [0.1, 0.15) is 16.5 Å². The van der Waals surface area contributed by atoms with Crippen LogP contribution in [0.3, 0.4) is 0 Å². The van der Waals surface area contributed by atoms with Gasteiger partial charge in [-0.3, -0.25) is 11.3 Å². The average molecular weight is 293 g/mol. The normalized spacial score (nSPS) is 12.9. The molecule has 0 aliphatic carbocycles. The lowest BCUT2D eigenvalue weighted by atomic mass is 10.1. The Morgan fingerprint density at radius 3 is 3.05 bits per heavy atom. The van der Waals surface area contributed by atoms with Crippen LogP contribution in [0.15, 0.2) is 42.0 Å². The van der Waals surface area contributed by atoms with Gasteiger partial charge in [-0.15, -0.1) is 11.3 Å². The highest BCUT2D eigenvalue weighted by molar-refractivity contribution is 7.10. The maximum atomic E-state index is 6.14. The van der Waals surface area contributed by atoms with Gasteiger partial charge >= 0.3 is 0 Å². The Kier molecular flexibility index (Phi) is 3.52. The maximum Gasteiger partial charge on any atom is 0.0710 e. The largest absolute Gasteiger partial charge is 0.271 e. The van der Waals surface area contributed by atoms with Crippen molar-refractivity contribution in [2.45, 2.75) is 12.5 Å². The molecule has 6 heteroatoms. The van der Waals surface area contributed by atoms with Gasteiger partial charge in [-0.2, -0.15) is 5.10 Å². The summed E-state index contributed by atoms with van der Waals surface area (Å²) in [5.41, 5.74) is 4.99. The summed E-state index contributed by atoms with van der Waals surface area (Å²) in [4.78, 5) is 1.12. The third-order valence-corrected chi connectivity index (χ3v) is 4.52. The smallest absolute Gasteiger partial charge is 0.0710 e. The van der Waals surface area contributed by atoms with E-state index in [-0.39, 0.29) is 6.04 Å². The molecule has 3 rings (SSSR count). The SMILES string of the molecule is NNC(Cc1sccc1Cl)c1cnn2ccccc12. The molecule has 0 saturated heterocycles. The number of aromatic nitrogens is 2. The van der Waals surface area contributed by atoms with Gasteiger partial charge in [0.2, 0.25) is 0 Å². The first-order valence-electron chi connectivity index (χ1n) is 5.90. The Morgan fingerprint density at radius 1 is 1.42 bits per heavy atom. The van der Waals surface area contributed by atoms with Crippen LogP contribution in [-0.4, -0.2) is 9.61 Å². The Labute approximate surface area is 119 Å². The number of thiophene rings is 1. The summed E-state index contributed by atoms with van der Waals surface area (Å²) in [5, 5.41) is 7.11. The zero-order valence-electron chi connectivity index (χ0n) is 10.1. The molecule has 0 fully saturated rings. The van der Waals surface area contributed by atoms with Crippen LogP contribution in [-0.2, 0) is 6.42 Å². The lowest BCUT2D eigenvalue weighted by molar-refractivity contribution is 0.559. The van der Waals surface area contributed by atoms with Crippen molar-refractivity contribution in [1.29, 1.82) is 0 Å². The molecule has 0 aliphatic heterocycles. The molecule has 0 amide bonds. The summed E-state index contributed by atoms with van der Waals surface area (Å²) in [6.07, 6.45) is 4.52. The van der Waals surface area contributed by atoms with Gasteiger partial charge < -0.3 is 0 Å². The third-order valence-electron chi connectivity index (χ3n) is 3.11. The van der Waals surface area contributed by atoms with Crippen molar-refractivity contribution < 1.29 is 0 Å². The second-order valence-corrected chi connectivity index (χ2v) is 5.65. The van der Waals surface area contributed by atoms with Crippen molar-refractivity contribution in [2.24, 2.45) is 5.84 Å². The number of halogens is 1. The average Bonchev–Trinajstić information content (AvgIpc) is 3.03. The maximum absolute atomic E-state index is 6.14. The second kappa shape index (κ2) is 5.30. The van der Waals surface area contributed by atoms with Crippen LogP contribution < -0.4 is 11.3 Å². The van der Waals surface area contributed by atoms with Crippen LogP contribution in [0, 0.1) is 0 Å². The highest BCUT2D eigenvalue weighted by atomic mass is 35.5. The number of nitrogens with zero attached hydrogens (tertiary/aromatic N) is 2. The number of nitrogens with one attached hydrogen (secondary N) is 1. The molecule has 3 heterocycles. The van der Waals surface area contributed by atoms with Crippen LogP contribution in [0.4, 0.5) is 0 Å². The summed E-state index contributed by atoms with van der Waals surface area (Å²) < 4.78 is 1.84.